The average Bonchev–Trinajstić information content (AvgIpc) is 3.22. The smallest absolute Gasteiger partial charge is 0.263 e. The van der Waals surface area contributed by atoms with Gasteiger partial charge in [0, 0.05) is 25.2 Å². The number of amides is 1. The highest BCUT2D eigenvalue weighted by Crippen LogP contribution is 2.52. The number of carbonyl (C=O) groups is 1. The molecule has 1 aromatic heterocycles. The lowest BCUT2D eigenvalue weighted by molar-refractivity contribution is 0.0960. The second-order valence-corrected chi connectivity index (χ2v) is 6.68. The Hall–Kier alpha value is -1.23. The Balaban J connectivity index is 2.38. The van der Waals surface area contributed by atoms with Crippen LogP contribution in [0.1, 0.15) is 67.6 Å². The molecule has 3 N–H and O–H groups in total. The van der Waals surface area contributed by atoms with E-state index < -0.39 is 0 Å². The monoisotopic (exact) mass is 309 g/mol. The van der Waals surface area contributed by atoms with Gasteiger partial charge in [0.15, 0.2) is 0 Å². The number of rotatable bonds is 8. The highest BCUT2D eigenvalue weighted by Gasteiger charge is 2.34. The van der Waals surface area contributed by atoms with Gasteiger partial charge >= 0.3 is 0 Å². The maximum atomic E-state index is 12.2. The quantitative estimate of drug-likeness (QED) is 0.771. The summed E-state index contributed by atoms with van der Waals surface area (Å²) in [6.07, 6.45) is 4.63. The Kier molecular flexibility index (Phi) is 5.51. The van der Waals surface area contributed by atoms with E-state index in [4.69, 9.17) is 5.73 Å². The third kappa shape index (κ3) is 3.51. The number of thiophene rings is 1. The van der Waals surface area contributed by atoms with Crippen molar-refractivity contribution < 1.29 is 4.79 Å². The van der Waals surface area contributed by atoms with Crippen molar-refractivity contribution in [2.75, 3.05) is 30.3 Å². The molecule has 118 valence electrons. The Labute approximate surface area is 131 Å². The number of hydrogen-bond donors (Lipinski definition) is 2. The van der Waals surface area contributed by atoms with Gasteiger partial charge in [-0.3, -0.25) is 4.79 Å². The molecule has 1 fully saturated rings. The van der Waals surface area contributed by atoms with Crippen molar-refractivity contribution >= 4 is 27.9 Å². The number of nitrogen functional groups attached to an aromatic ring is 1. The van der Waals surface area contributed by atoms with Crippen LogP contribution in [0.3, 0.4) is 0 Å². The Morgan fingerprint density at radius 1 is 1.29 bits per heavy atom. The highest BCUT2D eigenvalue weighted by atomic mass is 32.1. The standard InChI is InChI=1S/C16H27N3OS/c1-4-9-19(10-5-2)16-12(11-7-8-11)13(17)14(21-16)15(20)18-6-3/h11H,4-10,17H2,1-3H3,(H,18,20). The van der Waals surface area contributed by atoms with E-state index in [9.17, 15) is 4.79 Å². The molecule has 0 spiro atoms. The van der Waals surface area contributed by atoms with Crippen molar-refractivity contribution in [1.82, 2.24) is 5.32 Å². The second kappa shape index (κ2) is 7.16. The SMILES string of the molecule is CCCN(CCC)c1sc(C(=O)NCC)c(N)c1C1CC1. The number of anilines is 2. The third-order valence-corrected chi connectivity index (χ3v) is 5.05. The van der Waals surface area contributed by atoms with Crippen molar-refractivity contribution in [2.45, 2.75) is 52.4 Å². The molecular formula is C16H27N3OS. The number of hydrogen-bond acceptors (Lipinski definition) is 4. The molecule has 0 aliphatic heterocycles. The van der Waals surface area contributed by atoms with Crippen molar-refractivity contribution in [2.24, 2.45) is 0 Å². The van der Waals surface area contributed by atoms with E-state index in [1.807, 2.05) is 6.92 Å². The van der Waals surface area contributed by atoms with Crippen LogP contribution < -0.4 is 16.0 Å². The molecule has 1 amide bonds. The van der Waals surface area contributed by atoms with Crippen LogP contribution in [-0.2, 0) is 0 Å². The summed E-state index contributed by atoms with van der Waals surface area (Å²) in [6, 6.07) is 0. The Morgan fingerprint density at radius 3 is 2.38 bits per heavy atom. The van der Waals surface area contributed by atoms with Gasteiger partial charge < -0.3 is 16.0 Å². The van der Waals surface area contributed by atoms with E-state index >= 15 is 0 Å². The predicted octanol–water partition coefficient (Wildman–Crippen LogP) is 3.58. The largest absolute Gasteiger partial charge is 0.397 e. The van der Waals surface area contributed by atoms with Gasteiger partial charge in [0.25, 0.3) is 5.91 Å². The van der Waals surface area contributed by atoms with E-state index in [2.05, 4.69) is 24.1 Å². The molecule has 0 saturated heterocycles. The molecule has 0 aromatic carbocycles. The van der Waals surface area contributed by atoms with E-state index in [0.717, 1.165) is 31.6 Å². The van der Waals surface area contributed by atoms with Gasteiger partial charge in [-0.1, -0.05) is 13.8 Å². The normalized spacial score (nSPS) is 14.2. The zero-order chi connectivity index (χ0) is 15.4. The molecule has 1 aromatic rings. The first-order chi connectivity index (χ1) is 10.1. The van der Waals surface area contributed by atoms with Crippen LogP contribution in [0.4, 0.5) is 10.7 Å². The first-order valence-electron chi connectivity index (χ1n) is 8.09. The molecule has 0 unspecified atom stereocenters. The van der Waals surface area contributed by atoms with E-state index in [-0.39, 0.29) is 5.91 Å². The minimum Gasteiger partial charge on any atom is -0.397 e. The van der Waals surface area contributed by atoms with Gasteiger partial charge in [0.1, 0.15) is 4.88 Å². The summed E-state index contributed by atoms with van der Waals surface area (Å²) in [5.41, 5.74) is 8.29. The van der Waals surface area contributed by atoms with Gasteiger partial charge in [-0.25, -0.2) is 0 Å². The van der Waals surface area contributed by atoms with Gasteiger partial charge in [-0.05, 0) is 38.5 Å². The van der Waals surface area contributed by atoms with E-state index in [1.54, 1.807) is 11.3 Å². The summed E-state index contributed by atoms with van der Waals surface area (Å²) in [4.78, 5) is 15.3. The lowest BCUT2D eigenvalue weighted by Crippen LogP contribution is -2.24. The maximum Gasteiger partial charge on any atom is 0.263 e. The van der Waals surface area contributed by atoms with Crippen LogP contribution in [-0.4, -0.2) is 25.5 Å². The fourth-order valence-corrected chi connectivity index (χ4v) is 3.99. The zero-order valence-electron chi connectivity index (χ0n) is 13.4. The molecule has 1 heterocycles. The lowest BCUT2D eigenvalue weighted by atomic mass is 10.1. The van der Waals surface area contributed by atoms with E-state index in [0.29, 0.717) is 17.3 Å². The van der Waals surface area contributed by atoms with Crippen molar-refractivity contribution in [1.29, 1.82) is 0 Å². The van der Waals surface area contributed by atoms with Gasteiger partial charge in [0.2, 0.25) is 0 Å². The topological polar surface area (TPSA) is 58.4 Å². The minimum absolute atomic E-state index is 0.0268. The van der Waals surface area contributed by atoms with Gasteiger partial charge in [0.05, 0.1) is 10.7 Å². The first kappa shape index (κ1) is 16.1. The molecule has 1 aliphatic rings. The fraction of sp³-hybridized carbons (Fsp3) is 0.688. The van der Waals surface area contributed by atoms with Crippen LogP contribution in [0.25, 0.3) is 0 Å². The van der Waals surface area contributed by atoms with Crippen LogP contribution in [0.15, 0.2) is 0 Å². The molecule has 1 saturated carbocycles. The molecule has 0 radical (unpaired) electrons. The van der Waals surface area contributed by atoms with Crippen LogP contribution in [0.5, 0.6) is 0 Å². The summed E-state index contributed by atoms with van der Waals surface area (Å²) < 4.78 is 0. The number of carbonyl (C=O) groups excluding carboxylic acids is 1. The van der Waals surface area contributed by atoms with Crippen molar-refractivity contribution in [3.8, 4) is 0 Å². The van der Waals surface area contributed by atoms with E-state index in [1.165, 1.54) is 23.4 Å². The molecule has 21 heavy (non-hydrogen) atoms. The number of nitrogens with zero attached hydrogens (tertiary/aromatic N) is 1. The van der Waals surface area contributed by atoms with Gasteiger partial charge in [-0.15, -0.1) is 11.3 Å². The second-order valence-electron chi connectivity index (χ2n) is 5.68. The third-order valence-electron chi connectivity index (χ3n) is 3.77. The lowest BCUT2D eigenvalue weighted by Gasteiger charge is -2.23. The highest BCUT2D eigenvalue weighted by molar-refractivity contribution is 7.18. The molecule has 0 atom stereocenters. The molecule has 0 bridgehead atoms. The number of nitrogens with two attached hydrogens (primary N) is 1. The summed E-state index contributed by atoms with van der Waals surface area (Å²) in [5, 5.41) is 4.11. The Morgan fingerprint density at radius 2 is 1.90 bits per heavy atom. The van der Waals surface area contributed by atoms with Crippen LogP contribution in [0.2, 0.25) is 0 Å². The predicted molar refractivity (Wildman–Crippen MR) is 91.5 cm³/mol. The summed E-state index contributed by atoms with van der Waals surface area (Å²) in [5.74, 6) is 0.539. The first-order valence-corrected chi connectivity index (χ1v) is 8.90. The summed E-state index contributed by atoms with van der Waals surface area (Å²) in [7, 11) is 0. The van der Waals surface area contributed by atoms with Crippen molar-refractivity contribution in [3.05, 3.63) is 10.4 Å². The zero-order valence-corrected chi connectivity index (χ0v) is 14.2. The molecule has 5 heteroatoms. The summed E-state index contributed by atoms with van der Waals surface area (Å²) in [6.45, 7) is 9.02. The Bertz CT molecular complexity index is 488. The molecule has 2 rings (SSSR count). The van der Waals surface area contributed by atoms with Gasteiger partial charge in [-0.2, -0.15) is 0 Å². The minimum atomic E-state index is -0.0268. The maximum absolute atomic E-state index is 12.2. The van der Waals surface area contributed by atoms with Crippen molar-refractivity contribution in [3.63, 3.8) is 0 Å². The van der Waals surface area contributed by atoms with Crippen LogP contribution in [0, 0.1) is 0 Å². The summed E-state index contributed by atoms with van der Waals surface area (Å²) >= 11 is 1.58. The van der Waals surface area contributed by atoms with Crippen LogP contribution >= 0.6 is 11.3 Å². The molecule has 4 nitrogen and oxygen atoms in total. The number of nitrogens with one attached hydrogen (secondary N) is 1. The average molecular weight is 309 g/mol. The fourth-order valence-electron chi connectivity index (χ4n) is 2.71. The molecular weight excluding hydrogens is 282 g/mol. The molecule has 1 aliphatic carbocycles.